The molecule has 3 rings (SSSR count). The smallest absolute Gasteiger partial charge is 0.136 e. The summed E-state index contributed by atoms with van der Waals surface area (Å²) in [5.74, 6) is 0.948. The molecule has 0 saturated heterocycles. The first-order chi connectivity index (χ1) is 8.84. The molecule has 0 spiro atoms. The van der Waals surface area contributed by atoms with Crippen molar-refractivity contribution in [3.05, 3.63) is 51.9 Å². The first-order valence-corrected chi connectivity index (χ1v) is 7.20. The number of anilines is 1. The first-order valence-electron chi connectivity index (χ1n) is 6.41. The van der Waals surface area contributed by atoms with Crippen LogP contribution in [-0.4, -0.2) is 0 Å². The Balaban J connectivity index is 1.79. The normalized spacial score (nSPS) is 14.3. The van der Waals surface area contributed by atoms with Gasteiger partial charge in [-0.05, 0) is 64.9 Å². The van der Waals surface area contributed by atoms with Crippen LogP contribution in [0.15, 0.2) is 39.4 Å². The van der Waals surface area contributed by atoms with Crippen LogP contribution >= 0.6 is 15.9 Å². The zero-order valence-corrected chi connectivity index (χ0v) is 11.8. The molecule has 1 heterocycles. The lowest BCUT2D eigenvalue weighted by atomic mass is 9.90. The molecule has 1 N–H and O–H groups in total. The average Bonchev–Trinajstić information content (AvgIpc) is 2.82. The Morgan fingerprint density at radius 3 is 2.89 bits per heavy atom. The van der Waals surface area contributed by atoms with E-state index in [1.807, 2.05) is 6.07 Å². The minimum Gasteiger partial charge on any atom is -0.466 e. The lowest BCUT2D eigenvalue weighted by Crippen LogP contribution is -2.08. The van der Waals surface area contributed by atoms with Crippen LogP contribution < -0.4 is 5.32 Å². The third-order valence-electron chi connectivity index (χ3n) is 3.53. The summed E-state index contributed by atoms with van der Waals surface area (Å²) < 4.78 is 6.45. The Morgan fingerprint density at radius 2 is 2.06 bits per heavy atom. The van der Waals surface area contributed by atoms with E-state index in [1.54, 1.807) is 6.26 Å². The molecule has 0 saturated carbocycles. The van der Waals surface area contributed by atoms with Gasteiger partial charge in [-0.25, -0.2) is 0 Å². The van der Waals surface area contributed by atoms with Crippen LogP contribution in [0, 0.1) is 0 Å². The number of nitrogens with one attached hydrogen (secondary N) is 1. The van der Waals surface area contributed by atoms with Crippen LogP contribution in [0.3, 0.4) is 0 Å². The van der Waals surface area contributed by atoms with Crippen molar-refractivity contribution >= 4 is 21.6 Å². The van der Waals surface area contributed by atoms with Gasteiger partial charge in [-0.3, -0.25) is 0 Å². The van der Waals surface area contributed by atoms with Crippen molar-refractivity contribution in [1.82, 2.24) is 0 Å². The fourth-order valence-electron chi connectivity index (χ4n) is 2.57. The maximum atomic E-state index is 5.42. The number of hydrogen-bond acceptors (Lipinski definition) is 2. The summed E-state index contributed by atoms with van der Waals surface area (Å²) in [5.41, 5.74) is 4.26. The predicted molar refractivity (Wildman–Crippen MR) is 76.8 cm³/mol. The van der Waals surface area contributed by atoms with Gasteiger partial charge >= 0.3 is 0 Å². The molecule has 0 bridgehead atoms. The van der Waals surface area contributed by atoms with Gasteiger partial charge in [0.2, 0.25) is 0 Å². The fraction of sp³-hybridized carbons (Fsp3) is 0.333. The van der Waals surface area contributed by atoms with E-state index in [9.17, 15) is 0 Å². The van der Waals surface area contributed by atoms with Gasteiger partial charge in [-0.15, -0.1) is 0 Å². The SMILES string of the molecule is Brc1ccoc1CNc1cccc2c1CCCC2. The summed E-state index contributed by atoms with van der Waals surface area (Å²) >= 11 is 3.48. The van der Waals surface area contributed by atoms with E-state index in [0.29, 0.717) is 0 Å². The number of aryl methyl sites for hydroxylation is 1. The van der Waals surface area contributed by atoms with Gasteiger partial charge in [0, 0.05) is 5.69 Å². The number of hydrogen-bond donors (Lipinski definition) is 1. The number of halogens is 1. The van der Waals surface area contributed by atoms with Crippen LogP contribution in [0.1, 0.15) is 29.7 Å². The highest BCUT2D eigenvalue weighted by molar-refractivity contribution is 9.10. The topological polar surface area (TPSA) is 25.2 Å². The van der Waals surface area contributed by atoms with Crippen LogP contribution in [0.5, 0.6) is 0 Å². The van der Waals surface area contributed by atoms with Gasteiger partial charge in [0.1, 0.15) is 5.76 Å². The quantitative estimate of drug-likeness (QED) is 0.901. The van der Waals surface area contributed by atoms with Gasteiger partial charge in [0.15, 0.2) is 0 Å². The molecule has 0 unspecified atom stereocenters. The predicted octanol–water partition coefficient (Wildman–Crippen LogP) is 4.53. The van der Waals surface area contributed by atoms with Crippen molar-refractivity contribution in [2.45, 2.75) is 32.2 Å². The van der Waals surface area contributed by atoms with Crippen molar-refractivity contribution in [2.75, 3.05) is 5.32 Å². The Hall–Kier alpha value is -1.22. The van der Waals surface area contributed by atoms with E-state index in [-0.39, 0.29) is 0 Å². The second-order valence-electron chi connectivity index (χ2n) is 4.70. The molecule has 1 aliphatic rings. The summed E-state index contributed by atoms with van der Waals surface area (Å²) in [4.78, 5) is 0. The summed E-state index contributed by atoms with van der Waals surface area (Å²) in [6, 6.07) is 8.49. The highest BCUT2D eigenvalue weighted by atomic mass is 79.9. The molecule has 0 atom stereocenters. The molecule has 3 heteroatoms. The molecule has 94 valence electrons. The summed E-state index contributed by atoms with van der Waals surface area (Å²) in [7, 11) is 0. The second-order valence-corrected chi connectivity index (χ2v) is 5.55. The minimum absolute atomic E-state index is 0.726. The van der Waals surface area contributed by atoms with Crippen LogP contribution in [0.4, 0.5) is 5.69 Å². The van der Waals surface area contributed by atoms with E-state index in [1.165, 1.54) is 42.5 Å². The molecular weight excluding hydrogens is 290 g/mol. The highest BCUT2D eigenvalue weighted by Crippen LogP contribution is 2.28. The Kier molecular flexibility index (Phi) is 3.41. The van der Waals surface area contributed by atoms with E-state index in [2.05, 4.69) is 39.4 Å². The Labute approximate surface area is 116 Å². The maximum Gasteiger partial charge on any atom is 0.136 e. The second kappa shape index (κ2) is 5.19. The summed E-state index contributed by atoms with van der Waals surface area (Å²) in [6.07, 6.45) is 6.74. The number of furan rings is 1. The van der Waals surface area contributed by atoms with E-state index in [0.717, 1.165) is 16.8 Å². The molecule has 1 aromatic heterocycles. The van der Waals surface area contributed by atoms with Crippen LogP contribution in [0.2, 0.25) is 0 Å². The van der Waals surface area contributed by atoms with Crippen LogP contribution in [-0.2, 0) is 19.4 Å². The largest absolute Gasteiger partial charge is 0.466 e. The van der Waals surface area contributed by atoms with Crippen molar-refractivity contribution in [2.24, 2.45) is 0 Å². The molecule has 0 aliphatic heterocycles. The molecule has 0 radical (unpaired) electrons. The molecular formula is C15H16BrNO. The van der Waals surface area contributed by atoms with Crippen molar-refractivity contribution in [3.8, 4) is 0 Å². The maximum absolute atomic E-state index is 5.42. The third-order valence-corrected chi connectivity index (χ3v) is 4.23. The van der Waals surface area contributed by atoms with Gasteiger partial charge < -0.3 is 9.73 Å². The summed E-state index contributed by atoms with van der Waals surface area (Å²) in [5, 5.41) is 3.49. The van der Waals surface area contributed by atoms with E-state index >= 15 is 0 Å². The van der Waals surface area contributed by atoms with Crippen molar-refractivity contribution in [1.29, 1.82) is 0 Å². The lowest BCUT2D eigenvalue weighted by Gasteiger charge is -2.19. The molecule has 1 aliphatic carbocycles. The van der Waals surface area contributed by atoms with Gasteiger partial charge in [-0.1, -0.05) is 12.1 Å². The van der Waals surface area contributed by atoms with Crippen molar-refractivity contribution < 1.29 is 4.42 Å². The monoisotopic (exact) mass is 305 g/mol. The number of fused-ring (bicyclic) bond motifs is 1. The summed E-state index contributed by atoms with van der Waals surface area (Å²) in [6.45, 7) is 0.726. The standard InChI is InChI=1S/C15H16BrNO/c16-13-8-9-18-15(13)10-17-14-7-3-5-11-4-1-2-6-12(11)14/h3,5,7-9,17H,1-2,4,6,10H2. The van der Waals surface area contributed by atoms with Gasteiger partial charge in [-0.2, -0.15) is 0 Å². The van der Waals surface area contributed by atoms with E-state index < -0.39 is 0 Å². The molecule has 2 aromatic rings. The van der Waals surface area contributed by atoms with Crippen molar-refractivity contribution in [3.63, 3.8) is 0 Å². The molecule has 0 amide bonds. The average molecular weight is 306 g/mol. The number of rotatable bonds is 3. The minimum atomic E-state index is 0.726. The van der Waals surface area contributed by atoms with Gasteiger partial charge in [0.05, 0.1) is 17.3 Å². The lowest BCUT2D eigenvalue weighted by molar-refractivity contribution is 0.516. The highest BCUT2D eigenvalue weighted by Gasteiger charge is 2.13. The first kappa shape index (κ1) is 11.8. The van der Waals surface area contributed by atoms with E-state index in [4.69, 9.17) is 4.42 Å². The van der Waals surface area contributed by atoms with Gasteiger partial charge in [0.25, 0.3) is 0 Å². The fourth-order valence-corrected chi connectivity index (χ4v) is 2.92. The molecule has 1 aromatic carbocycles. The Morgan fingerprint density at radius 1 is 1.17 bits per heavy atom. The molecule has 18 heavy (non-hydrogen) atoms. The zero-order chi connectivity index (χ0) is 12.4. The third kappa shape index (κ3) is 2.32. The van der Waals surface area contributed by atoms with Crippen LogP contribution in [0.25, 0.3) is 0 Å². The molecule has 0 fully saturated rings. The molecule has 2 nitrogen and oxygen atoms in total. The number of benzene rings is 1. The Bertz CT molecular complexity index is 547. The zero-order valence-electron chi connectivity index (χ0n) is 10.2.